The van der Waals surface area contributed by atoms with Gasteiger partial charge in [-0.2, -0.15) is 0 Å². The smallest absolute Gasteiger partial charge is 0.321 e. The van der Waals surface area contributed by atoms with Crippen molar-refractivity contribution in [1.82, 2.24) is 5.32 Å². The largest absolute Gasteiger partial charge is 0.468 e. The Morgan fingerprint density at radius 3 is 3.08 bits per heavy atom. The van der Waals surface area contributed by atoms with E-state index in [0.717, 1.165) is 6.42 Å². The van der Waals surface area contributed by atoms with Crippen LogP contribution in [0.4, 0.5) is 0 Å². The fraction of sp³-hybridized carbons (Fsp3) is 0.750. The summed E-state index contributed by atoms with van der Waals surface area (Å²) >= 11 is 0. The van der Waals surface area contributed by atoms with Gasteiger partial charge in [0, 0.05) is 6.54 Å². The lowest BCUT2D eigenvalue weighted by molar-refractivity contribution is -0.153. The Bertz CT molecular complexity index is 241. The standard InChI is InChI=1S/C8H11NO3/c1-12-7(11)8-4-5(8)2-3-9-6(8)10/h5H,2-4H2,1H3,(H,9,10)/t5-,8-/m1/s1. The van der Waals surface area contributed by atoms with Crippen LogP contribution in [-0.4, -0.2) is 25.5 Å². The molecule has 2 fully saturated rings. The molecule has 2 atom stereocenters. The number of amides is 1. The van der Waals surface area contributed by atoms with Gasteiger partial charge in [0.2, 0.25) is 5.91 Å². The SMILES string of the molecule is COC(=O)[C@]12C[C@H]1CCNC2=O. The Kier molecular flexibility index (Phi) is 1.40. The molecule has 1 aliphatic heterocycles. The predicted octanol–water partition coefficient (Wildman–Crippen LogP) is -0.314. The summed E-state index contributed by atoms with van der Waals surface area (Å²) in [6.07, 6.45) is 1.58. The van der Waals surface area contributed by atoms with Crippen LogP contribution < -0.4 is 5.32 Å². The van der Waals surface area contributed by atoms with Crippen LogP contribution in [0.25, 0.3) is 0 Å². The summed E-state index contributed by atoms with van der Waals surface area (Å²) in [5, 5.41) is 2.69. The van der Waals surface area contributed by atoms with Crippen LogP contribution in [0, 0.1) is 11.3 Å². The van der Waals surface area contributed by atoms with Crippen molar-refractivity contribution in [3.05, 3.63) is 0 Å². The third-order valence-electron chi connectivity index (χ3n) is 2.84. The molecule has 0 bridgehead atoms. The molecule has 0 aromatic carbocycles. The average Bonchev–Trinajstić information content (AvgIpc) is 2.80. The van der Waals surface area contributed by atoms with Crippen LogP contribution in [0.1, 0.15) is 12.8 Å². The molecule has 1 N–H and O–H groups in total. The molecule has 1 saturated heterocycles. The molecule has 12 heavy (non-hydrogen) atoms. The fourth-order valence-electron chi connectivity index (χ4n) is 2.00. The van der Waals surface area contributed by atoms with Gasteiger partial charge in [-0.15, -0.1) is 0 Å². The van der Waals surface area contributed by atoms with Crippen molar-refractivity contribution in [2.24, 2.45) is 11.3 Å². The molecule has 0 spiro atoms. The van der Waals surface area contributed by atoms with Gasteiger partial charge in [0.25, 0.3) is 0 Å². The van der Waals surface area contributed by atoms with Crippen molar-refractivity contribution >= 4 is 11.9 Å². The quantitative estimate of drug-likeness (QED) is 0.432. The molecule has 0 aromatic heterocycles. The molecule has 0 aromatic rings. The first-order chi connectivity index (χ1) is 5.71. The van der Waals surface area contributed by atoms with Gasteiger partial charge >= 0.3 is 5.97 Å². The number of ether oxygens (including phenoxy) is 1. The third-order valence-corrected chi connectivity index (χ3v) is 2.84. The number of hydrogen-bond acceptors (Lipinski definition) is 3. The minimum atomic E-state index is -0.799. The first-order valence-corrected chi connectivity index (χ1v) is 4.08. The lowest BCUT2D eigenvalue weighted by Crippen LogP contribution is -2.43. The molecular weight excluding hydrogens is 158 g/mol. The zero-order valence-corrected chi connectivity index (χ0v) is 6.92. The van der Waals surface area contributed by atoms with Gasteiger partial charge in [-0.05, 0) is 18.8 Å². The highest BCUT2D eigenvalue weighted by Gasteiger charge is 2.67. The lowest BCUT2D eigenvalue weighted by Gasteiger charge is -2.19. The van der Waals surface area contributed by atoms with E-state index in [2.05, 4.69) is 10.1 Å². The second kappa shape index (κ2) is 2.21. The second-order valence-electron chi connectivity index (χ2n) is 3.41. The van der Waals surface area contributed by atoms with Crippen LogP contribution in [0.15, 0.2) is 0 Å². The molecule has 2 rings (SSSR count). The Morgan fingerprint density at radius 2 is 2.50 bits per heavy atom. The number of carbonyl (C=O) groups is 2. The van der Waals surface area contributed by atoms with Crippen molar-refractivity contribution in [1.29, 1.82) is 0 Å². The van der Waals surface area contributed by atoms with E-state index in [9.17, 15) is 9.59 Å². The third kappa shape index (κ3) is 0.722. The van der Waals surface area contributed by atoms with E-state index in [1.165, 1.54) is 7.11 Å². The summed E-state index contributed by atoms with van der Waals surface area (Å²) in [6, 6.07) is 0. The number of carbonyl (C=O) groups excluding carboxylic acids is 2. The van der Waals surface area contributed by atoms with E-state index in [1.54, 1.807) is 0 Å². The summed E-state index contributed by atoms with van der Waals surface area (Å²) in [5.74, 6) is -0.283. The van der Waals surface area contributed by atoms with Gasteiger partial charge in [-0.1, -0.05) is 0 Å². The van der Waals surface area contributed by atoms with Gasteiger partial charge in [0.05, 0.1) is 7.11 Å². The topological polar surface area (TPSA) is 55.4 Å². The zero-order valence-electron chi connectivity index (χ0n) is 6.92. The highest BCUT2D eigenvalue weighted by atomic mass is 16.5. The molecule has 2 aliphatic rings. The predicted molar refractivity (Wildman–Crippen MR) is 40.2 cm³/mol. The van der Waals surface area contributed by atoms with Crippen molar-refractivity contribution in [2.75, 3.05) is 13.7 Å². The molecular formula is C8H11NO3. The number of esters is 1. The summed E-state index contributed by atoms with van der Waals surface area (Å²) in [5.41, 5.74) is -0.799. The maximum absolute atomic E-state index is 11.3. The van der Waals surface area contributed by atoms with E-state index >= 15 is 0 Å². The normalized spacial score (nSPS) is 38.1. The average molecular weight is 169 g/mol. The number of hydrogen-bond donors (Lipinski definition) is 1. The first kappa shape index (κ1) is 7.58. The van der Waals surface area contributed by atoms with E-state index in [-0.39, 0.29) is 17.8 Å². The Hall–Kier alpha value is -1.06. The van der Waals surface area contributed by atoms with E-state index in [1.807, 2.05) is 0 Å². The molecule has 4 nitrogen and oxygen atoms in total. The minimum absolute atomic E-state index is 0.148. The Morgan fingerprint density at radius 1 is 1.75 bits per heavy atom. The second-order valence-corrected chi connectivity index (χ2v) is 3.41. The van der Waals surface area contributed by atoms with Gasteiger partial charge in [-0.25, -0.2) is 0 Å². The van der Waals surface area contributed by atoms with Crippen LogP contribution in [-0.2, 0) is 14.3 Å². The summed E-state index contributed by atoms with van der Waals surface area (Å²) in [4.78, 5) is 22.6. The lowest BCUT2D eigenvalue weighted by atomic mass is 9.98. The van der Waals surface area contributed by atoms with Crippen molar-refractivity contribution in [2.45, 2.75) is 12.8 Å². The van der Waals surface area contributed by atoms with Gasteiger partial charge < -0.3 is 10.1 Å². The number of nitrogens with one attached hydrogen (secondary N) is 1. The first-order valence-electron chi connectivity index (χ1n) is 4.08. The highest BCUT2D eigenvalue weighted by molar-refractivity contribution is 6.06. The van der Waals surface area contributed by atoms with E-state index < -0.39 is 5.41 Å². The molecule has 1 aliphatic carbocycles. The van der Waals surface area contributed by atoms with E-state index in [4.69, 9.17) is 0 Å². The molecule has 1 heterocycles. The molecule has 66 valence electrons. The molecule has 0 unspecified atom stereocenters. The summed E-state index contributed by atoms with van der Waals surface area (Å²) in [7, 11) is 1.33. The molecule has 1 amide bonds. The Labute approximate surface area is 70.3 Å². The molecule has 1 saturated carbocycles. The maximum Gasteiger partial charge on any atom is 0.321 e. The zero-order chi connectivity index (χ0) is 8.77. The summed E-state index contributed by atoms with van der Waals surface area (Å²) < 4.78 is 4.61. The van der Waals surface area contributed by atoms with Crippen LogP contribution in [0.3, 0.4) is 0 Å². The number of methoxy groups -OCH3 is 1. The van der Waals surface area contributed by atoms with Gasteiger partial charge in [0.1, 0.15) is 5.41 Å². The number of rotatable bonds is 1. The number of piperidine rings is 1. The number of fused-ring (bicyclic) bond motifs is 1. The van der Waals surface area contributed by atoms with Crippen LogP contribution >= 0.6 is 0 Å². The van der Waals surface area contributed by atoms with Crippen LogP contribution in [0.5, 0.6) is 0 Å². The minimum Gasteiger partial charge on any atom is -0.468 e. The summed E-state index contributed by atoms with van der Waals surface area (Å²) in [6.45, 7) is 0.697. The maximum atomic E-state index is 11.3. The Balaban J connectivity index is 2.21. The molecule has 4 heteroatoms. The fourth-order valence-corrected chi connectivity index (χ4v) is 2.00. The van der Waals surface area contributed by atoms with Crippen molar-refractivity contribution < 1.29 is 14.3 Å². The highest BCUT2D eigenvalue weighted by Crippen LogP contribution is 2.56. The monoisotopic (exact) mass is 169 g/mol. The molecule has 0 radical (unpaired) electrons. The van der Waals surface area contributed by atoms with E-state index in [0.29, 0.717) is 13.0 Å². The van der Waals surface area contributed by atoms with Crippen molar-refractivity contribution in [3.63, 3.8) is 0 Å². The van der Waals surface area contributed by atoms with Crippen molar-refractivity contribution in [3.8, 4) is 0 Å². The van der Waals surface area contributed by atoms with Crippen LogP contribution in [0.2, 0.25) is 0 Å². The van der Waals surface area contributed by atoms with Gasteiger partial charge in [-0.3, -0.25) is 9.59 Å². The van der Waals surface area contributed by atoms with Gasteiger partial charge in [0.15, 0.2) is 0 Å².